The molecular formula is C21H23FN4O2. The summed E-state index contributed by atoms with van der Waals surface area (Å²) in [6.07, 6.45) is 2.36. The van der Waals surface area contributed by atoms with Gasteiger partial charge in [0.25, 0.3) is 0 Å². The van der Waals surface area contributed by atoms with Crippen LogP contribution in [-0.4, -0.2) is 46.4 Å². The first kappa shape index (κ1) is 18.6. The average Bonchev–Trinajstić information content (AvgIpc) is 3.19. The number of pyridine rings is 1. The molecule has 0 amide bonds. The van der Waals surface area contributed by atoms with E-state index in [2.05, 4.69) is 20.1 Å². The number of halogens is 1. The Morgan fingerprint density at radius 3 is 2.96 bits per heavy atom. The summed E-state index contributed by atoms with van der Waals surface area (Å²) in [6.45, 7) is 3.48. The lowest BCUT2D eigenvalue weighted by Crippen LogP contribution is -2.38. The fourth-order valence-corrected chi connectivity index (χ4v) is 3.25. The maximum atomic E-state index is 13.6. The second kappa shape index (κ2) is 8.95. The van der Waals surface area contributed by atoms with E-state index in [1.165, 1.54) is 6.07 Å². The normalized spacial score (nSPS) is 17.5. The van der Waals surface area contributed by atoms with Crippen molar-refractivity contribution < 1.29 is 13.9 Å². The Morgan fingerprint density at radius 2 is 2.11 bits per heavy atom. The third kappa shape index (κ3) is 4.74. The number of nitrogens with zero attached hydrogens (tertiary/aromatic N) is 3. The minimum absolute atomic E-state index is 0.0741. The molecule has 0 radical (unpaired) electrons. The summed E-state index contributed by atoms with van der Waals surface area (Å²) >= 11 is 0. The van der Waals surface area contributed by atoms with E-state index in [0.717, 1.165) is 36.7 Å². The Hall–Kier alpha value is -2.77. The molecule has 1 aliphatic rings. The number of hydrogen-bond donors (Lipinski definition) is 1. The minimum atomic E-state index is -0.351. The van der Waals surface area contributed by atoms with Gasteiger partial charge in [-0.15, -0.1) is 0 Å². The first-order valence-corrected chi connectivity index (χ1v) is 9.43. The summed E-state index contributed by atoms with van der Waals surface area (Å²) in [5, 5.41) is 7.44. The summed E-state index contributed by atoms with van der Waals surface area (Å²) in [4.78, 5) is 6.72. The van der Waals surface area contributed by atoms with Gasteiger partial charge in [0.05, 0.1) is 24.6 Å². The van der Waals surface area contributed by atoms with Crippen LogP contribution in [0.2, 0.25) is 0 Å². The van der Waals surface area contributed by atoms with Gasteiger partial charge in [0.15, 0.2) is 11.6 Å². The summed E-state index contributed by atoms with van der Waals surface area (Å²) < 4.78 is 25.0. The molecule has 28 heavy (non-hydrogen) atoms. The van der Waals surface area contributed by atoms with Crippen LogP contribution < -0.4 is 4.74 Å². The molecule has 1 atom stereocenters. The second-order valence-electron chi connectivity index (χ2n) is 6.76. The monoisotopic (exact) mass is 382 g/mol. The summed E-state index contributed by atoms with van der Waals surface area (Å²) in [5.74, 6) is -0.0839. The van der Waals surface area contributed by atoms with Crippen molar-refractivity contribution in [3.63, 3.8) is 0 Å². The van der Waals surface area contributed by atoms with Crippen LogP contribution in [0.3, 0.4) is 0 Å². The Morgan fingerprint density at radius 1 is 1.21 bits per heavy atom. The van der Waals surface area contributed by atoms with E-state index in [1.807, 2.05) is 30.5 Å². The molecule has 2 aromatic heterocycles. The lowest BCUT2D eigenvalue weighted by Gasteiger charge is -2.31. The van der Waals surface area contributed by atoms with Gasteiger partial charge in [0.1, 0.15) is 6.10 Å². The maximum Gasteiger partial charge on any atom is 0.165 e. The van der Waals surface area contributed by atoms with Crippen molar-refractivity contribution in [3.8, 4) is 5.75 Å². The standard InChI is InChI=1S/C21H23FN4O2/c22-18-6-1-2-7-20(18)27-11-8-16-13-19(25-24-16)21-15-26(10-12-28-21)14-17-5-3-4-9-23-17/h1-7,9,13,21H,8,10-12,14-15H2,(H,24,25). The smallest absolute Gasteiger partial charge is 0.165 e. The number of ether oxygens (including phenoxy) is 2. The van der Waals surface area contributed by atoms with Gasteiger partial charge in [-0.3, -0.25) is 15.0 Å². The number of aromatic nitrogens is 3. The molecule has 6 nitrogen and oxygen atoms in total. The van der Waals surface area contributed by atoms with Crippen LogP contribution in [0.5, 0.6) is 5.75 Å². The zero-order valence-electron chi connectivity index (χ0n) is 15.6. The molecule has 1 N–H and O–H groups in total. The van der Waals surface area contributed by atoms with E-state index >= 15 is 0 Å². The molecule has 4 rings (SSSR count). The fraction of sp³-hybridized carbons (Fsp3) is 0.333. The predicted molar refractivity (Wildman–Crippen MR) is 102 cm³/mol. The van der Waals surface area contributed by atoms with Gasteiger partial charge in [-0.05, 0) is 30.3 Å². The van der Waals surface area contributed by atoms with Crippen molar-refractivity contribution in [2.24, 2.45) is 0 Å². The van der Waals surface area contributed by atoms with E-state index in [0.29, 0.717) is 19.6 Å². The first-order valence-electron chi connectivity index (χ1n) is 9.43. The molecule has 3 heterocycles. The minimum Gasteiger partial charge on any atom is -0.490 e. The van der Waals surface area contributed by atoms with Gasteiger partial charge >= 0.3 is 0 Å². The summed E-state index contributed by atoms with van der Waals surface area (Å²) in [6, 6.07) is 14.4. The molecule has 3 aromatic rings. The lowest BCUT2D eigenvalue weighted by molar-refractivity contribution is -0.0353. The number of hydrogen-bond acceptors (Lipinski definition) is 5. The van der Waals surface area contributed by atoms with Crippen molar-refractivity contribution in [2.75, 3.05) is 26.3 Å². The number of nitrogens with one attached hydrogen (secondary N) is 1. The van der Waals surface area contributed by atoms with Gasteiger partial charge in [0, 0.05) is 37.9 Å². The molecule has 146 valence electrons. The molecule has 0 bridgehead atoms. The van der Waals surface area contributed by atoms with Gasteiger partial charge < -0.3 is 9.47 Å². The van der Waals surface area contributed by atoms with Crippen molar-refractivity contribution in [2.45, 2.75) is 19.1 Å². The van der Waals surface area contributed by atoms with Crippen LogP contribution in [0, 0.1) is 5.82 Å². The van der Waals surface area contributed by atoms with E-state index in [9.17, 15) is 4.39 Å². The fourth-order valence-electron chi connectivity index (χ4n) is 3.25. The number of aromatic amines is 1. The zero-order valence-corrected chi connectivity index (χ0v) is 15.6. The van der Waals surface area contributed by atoms with E-state index < -0.39 is 0 Å². The highest BCUT2D eigenvalue weighted by molar-refractivity contribution is 5.23. The molecule has 0 saturated carbocycles. The summed E-state index contributed by atoms with van der Waals surface area (Å²) in [7, 11) is 0. The molecule has 0 aliphatic carbocycles. The van der Waals surface area contributed by atoms with Crippen molar-refractivity contribution in [3.05, 3.63) is 77.6 Å². The highest BCUT2D eigenvalue weighted by atomic mass is 19.1. The van der Waals surface area contributed by atoms with Crippen LogP contribution in [0.4, 0.5) is 4.39 Å². The lowest BCUT2D eigenvalue weighted by atomic mass is 10.1. The summed E-state index contributed by atoms with van der Waals surface area (Å²) in [5.41, 5.74) is 2.87. The highest BCUT2D eigenvalue weighted by Gasteiger charge is 2.24. The SMILES string of the molecule is Fc1ccccc1OCCc1cc(C2CN(Cc3ccccn3)CCO2)n[nH]1. The highest BCUT2D eigenvalue weighted by Crippen LogP contribution is 2.22. The van der Waals surface area contributed by atoms with Gasteiger partial charge in [-0.25, -0.2) is 4.39 Å². The predicted octanol–water partition coefficient (Wildman–Crippen LogP) is 3.14. The van der Waals surface area contributed by atoms with Gasteiger partial charge in [-0.1, -0.05) is 18.2 Å². The molecule has 1 fully saturated rings. The Bertz CT molecular complexity index is 887. The molecule has 1 aromatic carbocycles. The average molecular weight is 382 g/mol. The number of para-hydroxylation sites is 1. The number of H-pyrrole nitrogens is 1. The molecule has 1 aliphatic heterocycles. The Kier molecular flexibility index (Phi) is 5.94. The Labute approximate surface area is 163 Å². The molecular weight excluding hydrogens is 359 g/mol. The zero-order chi connectivity index (χ0) is 19.2. The molecule has 7 heteroatoms. The quantitative estimate of drug-likeness (QED) is 0.680. The van der Waals surface area contributed by atoms with E-state index in [4.69, 9.17) is 9.47 Å². The van der Waals surface area contributed by atoms with Crippen LogP contribution in [0.15, 0.2) is 54.7 Å². The number of rotatable bonds is 7. The van der Waals surface area contributed by atoms with Crippen molar-refractivity contribution in [1.82, 2.24) is 20.1 Å². The number of benzene rings is 1. The Balaban J connectivity index is 1.30. The third-order valence-corrected chi connectivity index (χ3v) is 4.71. The third-order valence-electron chi connectivity index (χ3n) is 4.71. The van der Waals surface area contributed by atoms with Crippen molar-refractivity contribution >= 4 is 0 Å². The van der Waals surface area contributed by atoms with Gasteiger partial charge in [0.2, 0.25) is 0 Å². The topological polar surface area (TPSA) is 63.3 Å². The van der Waals surface area contributed by atoms with Gasteiger partial charge in [-0.2, -0.15) is 5.10 Å². The second-order valence-corrected chi connectivity index (χ2v) is 6.76. The van der Waals surface area contributed by atoms with Crippen molar-refractivity contribution in [1.29, 1.82) is 0 Å². The molecule has 0 spiro atoms. The van der Waals surface area contributed by atoms with Crippen LogP contribution in [-0.2, 0) is 17.7 Å². The van der Waals surface area contributed by atoms with E-state index in [1.54, 1.807) is 18.2 Å². The maximum absolute atomic E-state index is 13.6. The van der Waals surface area contributed by atoms with Crippen LogP contribution in [0.1, 0.15) is 23.2 Å². The molecule has 1 saturated heterocycles. The van der Waals surface area contributed by atoms with Crippen LogP contribution >= 0.6 is 0 Å². The van der Waals surface area contributed by atoms with Crippen LogP contribution in [0.25, 0.3) is 0 Å². The molecule has 1 unspecified atom stereocenters. The first-order chi connectivity index (χ1) is 13.8. The largest absolute Gasteiger partial charge is 0.490 e. The van der Waals surface area contributed by atoms with E-state index in [-0.39, 0.29) is 17.7 Å². The number of morpholine rings is 1.